The van der Waals surface area contributed by atoms with Crippen molar-refractivity contribution >= 4 is 17.3 Å². The summed E-state index contributed by atoms with van der Waals surface area (Å²) in [5.74, 6) is -0.0802. The molecule has 1 aliphatic rings. The number of carbonyl (C=O) groups excluding carboxylic acids is 1. The highest BCUT2D eigenvalue weighted by Gasteiger charge is 2.29. The van der Waals surface area contributed by atoms with Gasteiger partial charge in [-0.05, 0) is 29.8 Å². The van der Waals surface area contributed by atoms with Crippen LogP contribution >= 0.6 is 0 Å². The zero-order valence-electron chi connectivity index (χ0n) is 16.5. The quantitative estimate of drug-likeness (QED) is 0.720. The van der Waals surface area contributed by atoms with Gasteiger partial charge >= 0.3 is 0 Å². The molecule has 0 saturated carbocycles. The normalized spacial score (nSPS) is 18.7. The van der Waals surface area contributed by atoms with E-state index in [0.29, 0.717) is 6.42 Å². The largest absolute Gasteiger partial charge is 0.368 e. The number of piperazine rings is 1. The molecule has 0 aromatic heterocycles. The first-order valence-corrected chi connectivity index (χ1v) is 9.66. The van der Waals surface area contributed by atoms with Gasteiger partial charge in [0.2, 0.25) is 5.91 Å². The van der Waals surface area contributed by atoms with Crippen LogP contribution in [0.2, 0.25) is 0 Å². The number of ether oxygens (including phenoxy) is 1. The molecule has 1 heterocycles. The number of aliphatic hydroxyl groups excluding tert-OH is 1. The molecular weight excluding hydrogens is 354 g/mol. The van der Waals surface area contributed by atoms with Gasteiger partial charge in [-0.1, -0.05) is 30.3 Å². The average molecular weight is 383 g/mol. The molecule has 28 heavy (non-hydrogen) atoms. The van der Waals surface area contributed by atoms with E-state index in [-0.39, 0.29) is 11.9 Å². The summed E-state index contributed by atoms with van der Waals surface area (Å²) >= 11 is 0. The second-order valence-electron chi connectivity index (χ2n) is 7.22. The Morgan fingerprint density at radius 3 is 2.54 bits per heavy atom. The van der Waals surface area contributed by atoms with Crippen LogP contribution in [-0.2, 0) is 16.1 Å². The van der Waals surface area contributed by atoms with Crippen LogP contribution < -0.4 is 10.2 Å². The highest BCUT2D eigenvalue weighted by molar-refractivity contribution is 5.88. The summed E-state index contributed by atoms with van der Waals surface area (Å²) in [5.41, 5.74) is 3.16. The maximum absolute atomic E-state index is 11.2. The van der Waals surface area contributed by atoms with Crippen LogP contribution in [0.5, 0.6) is 0 Å². The van der Waals surface area contributed by atoms with E-state index in [2.05, 4.69) is 39.4 Å². The molecule has 0 bridgehead atoms. The van der Waals surface area contributed by atoms with Crippen molar-refractivity contribution in [3.05, 3.63) is 60.2 Å². The predicted octanol–water partition coefficient (Wildman–Crippen LogP) is 2.69. The van der Waals surface area contributed by atoms with Gasteiger partial charge in [0.15, 0.2) is 6.29 Å². The van der Waals surface area contributed by atoms with Gasteiger partial charge in [0.25, 0.3) is 0 Å². The molecule has 0 aliphatic carbocycles. The van der Waals surface area contributed by atoms with Crippen LogP contribution in [0, 0.1) is 0 Å². The van der Waals surface area contributed by atoms with E-state index < -0.39 is 6.29 Å². The van der Waals surface area contributed by atoms with E-state index in [9.17, 15) is 9.90 Å². The van der Waals surface area contributed by atoms with Crippen molar-refractivity contribution in [1.82, 2.24) is 4.90 Å². The molecule has 150 valence electrons. The number of hydrogen-bond acceptors (Lipinski definition) is 5. The van der Waals surface area contributed by atoms with E-state index >= 15 is 0 Å². The van der Waals surface area contributed by atoms with Crippen molar-refractivity contribution in [1.29, 1.82) is 0 Å². The highest BCUT2D eigenvalue weighted by Crippen LogP contribution is 2.26. The number of anilines is 2. The summed E-state index contributed by atoms with van der Waals surface area (Å²) in [4.78, 5) is 16.0. The Kier molecular flexibility index (Phi) is 7.03. The lowest BCUT2D eigenvalue weighted by Gasteiger charge is -2.43. The molecule has 6 nitrogen and oxygen atoms in total. The number of nitrogens with one attached hydrogen (secondary N) is 1. The molecule has 1 saturated heterocycles. The van der Waals surface area contributed by atoms with Gasteiger partial charge in [0, 0.05) is 64.0 Å². The van der Waals surface area contributed by atoms with Crippen LogP contribution in [0.4, 0.5) is 11.4 Å². The number of carbonyl (C=O) groups is 1. The molecule has 1 aliphatic heterocycles. The van der Waals surface area contributed by atoms with Crippen molar-refractivity contribution in [2.45, 2.75) is 32.2 Å². The Balaban J connectivity index is 1.71. The van der Waals surface area contributed by atoms with Crippen LogP contribution in [0.15, 0.2) is 54.6 Å². The van der Waals surface area contributed by atoms with Gasteiger partial charge in [0.1, 0.15) is 0 Å². The van der Waals surface area contributed by atoms with Gasteiger partial charge < -0.3 is 20.1 Å². The first-order chi connectivity index (χ1) is 13.5. The molecule has 0 radical (unpaired) electrons. The number of methoxy groups -OCH3 is 1. The van der Waals surface area contributed by atoms with E-state index in [1.165, 1.54) is 19.6 Å². The fourth-order valence-electron chi connectivity index (χ4n) is 3.72. The first kappa shape index (κ1) is 20.3. The minimum absolute atomic E-state index is 0.0802. The van der Waals surface area contributed by atoms with Crippen LogP contribution in [0.25, 0.3) is 0 Å². The average Bonchev–Trinajstić information content (AvgIpc) is 2.69. The van der Waals surface area contributed by atoms with Crippen molar-refractivity contribution < 1.29 is 14.6 Å². The second-order valence-corrected chi connectivity index (χ2v) is 7.22. The summed E-state index contributed by atoms with van der Waals surface area (Å²) in [6.45, 7) is 5.07. The topological polar surface area (TPSA) is 65.0 Å². The third-order valence-corrected chi connectivity index (χ3v) is 5.08. The Hall–Kier alpha value is -2.41. The number of rotatable bonds is 7. The van der Waals surface area contributed by atoms with Gasteiger partial charge in [-0.15, -0.1) is 0 Å². The van der Waals surface area contributed by atoms with E-state index in [0.717, 1.165) is 37.6 Å². The lowest BCUT2D eigenvalue weighted by atomic mass is 10.1. The zero-order valence-corrected chi connectivity index (χ0v) is 16.5. The monoisotopic (exact) mass is 383 g/mol. The lowest BCUT2D eigenvalue weighted by molar-refractivity contribution is -0.114. The molecule has 2 atom stereocenters. The molecule has 6 heteroatoms. The molecule has 0 spiro atoms. The molecule has 1 amide bonds. The summed E-state index contributed by atoms with van der Waals surface area (Å²) in [6, 6.07) is 18.5. The fraction of sp³-hybridized carbons (Fsp3) is 0.409. The second kappa shape index (κ2) is 9.68. The molecule has 2 aromatic rings. The summed E-state index contributed by atoms with van der Waals surface area (Å²) in [7, 11) is 1.53. The third kappa shape index (κ3) is 5.55. The Bertz CT molecular complexity index is 751. The number of aliphatic hydroxyl groups is 1. The minimum atomic E-state index is -0.789. The number of benzene rings is 2. The van der Waals surface area contributed by atoms with Crippen molar-refractivity contribution in [2.24, 2.45) is 0 Å². The Morgan fingerprint density at radius 2 is 1.89 bits per heavy atom. The van der Waals surface area contributed by atoms with E-state index in [1.807, 2.05) is 30.3 Å². The molecule has 2 unspecified atom stereocenters. The first-order valence-electron chi connectivity index (χ1n) is 9.66. The lowest BCUT2D eigenvalue weighted by Crippen LogP contribution is -2.54. The molecule has 1 fully saturated rings. The van der Waals surface area contributed by atoms with E-state index in [4.69, 9.17) is 4.74 Å². The summed E-state index contributed by atoms with van der Waals surface area (Å²) in [5, 5.41) is 12.9. The highest BCUT2D eigenvalue weighted by atomic mass is 16.6. The van der Waals surface area contributed by atoms with Crippen molar-refractivity contribution in [3.8, 4) is 0 Å². The smallest absolute Gasteiger partial charge is 0.221 e. The van der Waals surface area contributed by atoms with Crippen molar-refractivity contribution in [3.63, 3.8) is 0 Å². The summed E-state index contributed by atoms with van der Waals surface area (Å²) in [6.07, 6.45) is -0.252. The van der Waals surface area contributed by atoms with Crippen molar-refractivity contribution in [2.75, 3.05) is 37.0 Å². The maximum Gasteiger partial charge on any atom is 0.221 e. The Labute approximate surface area is 166 Å². The maximum atomic E-state index is 11.2. The Morgan fingerprint density at radius 1 is 1.18 bits per heavy atom. The predicted molar refractivity (Wildman–Crippen MR) is 111 cm³/mol. The van der Waals surface area contributed by atoms with Gasteiger partial charge in [-0.3, -0.25) is 9.69 Å². The third-order valence-electron chi connectivity index (χ3n) is 5.08. The number of nitrogens with zero attached hydrogens (tertiary/aromatic N) is 2. The van der Waals surface area contributed by atoms with Gasteiger partial charge in [0.05, 0.1) is 0 Å². The van der Waals surface area contributed by atoms with Crippen LogP contribution in [-0.4, -0.2) is 55.0 Å². The number of hydrogen-bond donors (Lipinski definition) is 2. The minimum Gasteiger partial charge on any atom is -0.368 e. The van der Waals surface area contributed by atoms with Crippen LogP contribution in [0.1, 0.15) is 18.9 Å². The molecule has 2 N–H and O–H groups in total. The van der Waals surface area contributed by atoms with Gasteiger partial charge in [-0.25, -0.2) is 0 Å². The SMILES string of the molecule is COC(O)CC1CN(Cc2ccccc2)CCN1c1ccc(NC(C)=O)cc1. The standard InChI is InChI=1S/C22H29N3O3/c1-17(26)23-19-8-10-20(11-9-19)25-13-12-24(15-18-6-4-3-5-7-18)16-21(25)14-22(27)28-2/h3-11,21-22,27H,12-16H2,1-2H3,(H,23,26). The zero-order chi connectivity index (χ0) is 19.9. The number of amides is 1. The molecule has 2 aromatic carbocycles. The van der Waals surface area contributed by atoms with Gasteiger partial charge in [-0.2, -0.15) is 0 Å². The van der Waals surface area contributed by atoms with E-state index in [1.54, 1.807) is 0 Å². The fourth-order valence-corrected chi connectivity index (χ4v) is 3.72. The van der Waals surface area contributed by atoms with Crippen LogP contribution in [0.3, 0.4) is 0 Å². The molecule has 3 rings (SSSR count). The molecular formula is C22H29N3O3. The summed E-state index contributed by atoms with van der Waals surface area (Å²) < 4.78 is 5.12.